The van der Waals surface area contributed by atoms with Crippen LogP contribution in [-0.4, -0.2) is 119 Å². The fourth-order valence-electron chi connectivity index (χ4n) is 3.53. The number of rotatable bonds is 7. The van der Waals surface area contributed by atoms with Gasteiger partial charge in [-0.2, -0.15) is 0 Å². The molecule has 0 unspecified atom stereocenters. The van der Waals surface area contributed by atoms with Crippen LogP contribution in [0.15, 0.2) is 0 Å². The van der Waals surface area contributed by atoms with Gasteiger partial charge in [-0.1, -0.05) is 0 Å². The van der Waals surface area contributed by atoms with Crippen LogP contribution in [-0.2, 0) is 28.5 Å². The van der Waals surface area contributed by atoms with Crippen molar-refractivity contribution in [1.29, 1.82) is 0 Å². The monoisotopic (exact) mass is 438 g/mol. The molecule has 13 heteroatoms. The van der Waals surface area contributed by atoms with E-state index in [2.05, 4.69) is 10.6 Å². The van der Waals surface area contributed by atoms with Crippen molar-refractivity contribution in [1.82, 2.24) is 10.6 Å². The summed E-state index contributed by atoms with van der Waals surface area (Å²) in [6.07, 6.45) is -11.0. The summed E-state index contributed by atoms with van der Waals surface area (Å²) >= 11 is 0. The number of ether oxygens (including phenoxy) is 4. The van der Waals surface area contributed by atoms with E-state index in [0.29, 0.717) is 0 Å². The van der Waals surface area contributed by atoms with E-state index < -0.39 is 79.7 Å². The molecule has 2 amide bonds. The van der Waals surface area contributed by atoms with E-state index in [4.69, 9.17) is 18.9 Å². The van der Waals surface area contributed by atoms with Crippen LogP contribution in [0.5, 0.6) is 0 Å². The summed E-state index contributed by atoms with van der Waals surface area (Å²) in [4.78, 5) is 23.0. The Morgan fingerprint density at radius 1 is 0.900 bits per heavy atom. The molecule has 0 aliphatic carbocycles. The van der Waals surface area contributed by atoms with Gasteiger partial charge in [-0.15, -0.1) is 0 Å². The highest BCUT2D eigenvalue weighted by Gasteiger charge is 2.51. The number of methoxy groups -OCH3 is 1. The number of aliphatic hydroxyl groups is 5. The maximum absolute atomic E-state index is 11.6. The van der Waals surface area contributed by atoms with Crippen molar-refractivity contribution < 1.29 is 54.1 Å². The Morgan fingerprint density at radius 2 is 1.50 bits per heavy atom. The summed E-state index contributed by atoms with van der Waals surface area (Å²) < 4.78 is 21.6. The lowest BCUT2D eigenvalue weighted by atomic mass is 9.94. The molecule has 7 N–H and O–H groups in total. The summed E-state index contributed by atoms with van der Waals surface area (Å²) in [6, 6.07) is -2.51. The zero-order valence-electron chi connectivity index (χ0n) is 16.9. The first kappa shape index (κ1) is 24.8. The Morgan fingerprint density at radius 3 is 2.03 bits per heavy atom. The van der Waals surface area contributed by atoms with E-state index >= 15 is 0 Å². The molecule has 0 aromatic heterocycles. The summed E-state index contributed by atoms with van der Waals surface area (Å²) in [6.45, 7) is 1.61. The van der Waals surface area contributed by atoms with E-state index in [1.807, 2.05) is 0 Å². The average Bonchev–Trinajstić information content (AvgIpc) is 2.67. The third-order valence-electron chi connectivity index (χ3n) is 4.94. The van der Waals surface area contributed by atoms with Crippen LogP contribution in [0.25, 0.3) is 0 Å². The van der Waals surface area contributed by atoms with Gasteiger partial charge in [-0.3, -0.25) is 9.59 Å². The molecule has 174 valence electrons. The number of carbonyl (C=O) groups excluding carboxylic acids is 2. The quantitative estimate of drug-likeness (QED) is 0.202. The van der Waals surface area contributed by atoms with Gasteiger partial charge in [-0.05, 0) is 0 Å². The lowest BCUT2D eigenvalue weighted by Gasteiger charge is -2.47. The second kappa shape index (κ2) is 10.7. The molecule has 0 saturated carbocycles. The molecule has 2 heterocycles. The minimum Gasteiger partial charge on any atom is -0.394 e. The molecule has 0 bridgehead atoms. The van der Waals surface area contributed by atoms with Crippen LogP contribution in [0.2, 0.25) is 0 Å². The first-order valence-electron chi connectivity index (χ1n) is 9.43. The lowest BCUT2D eigenvalue weighted by molar-refractivity contribution is -0.328. The molecular formula is C17H30N2O11. The van der Waals surface area contributed by atoms with Crippen molar-refractivity contribution in [2.24, 2.45) is 0 Å². The standard InChI is InChI=1S/C17H30N2O11/c1-6(21)18-10-14(25)15(8(4-20)28-16(10)26)30-17-11(19-7(2)22)13(24)12(23)9(29-17)5-27-3/h8-17,20,23-26H,4-5H2,1-3H3,(H,18,21)(H,19,22)/t8-,9-,10-,11-,12-,13+,14-,15-,16-,17+/m1/s1. The van der Waals surface area contributed by atoms with Crippen LogP contribution >= 0.6 is 0 Å². The molecule has 2 aliphatic rings. The lowest BCUT2D eigenvalue weighted by Crippen LogP contribution is -2.69. The molecule has 2 saturated heterocycles. The first-order valence-corrected chi connectivity index (χ1v) is 9.43. The molecule has 2 fully saturated rings. The number of amides is 2. The van der Waals surface area contributed by atoms with Crippen LogP contribution in [0.1, 0.15) is 13.8 Å². The Hall–Kier alpha value is -1.42. The molecule has 0 spiro atoms. The SMILES string of the molecule is COC[C@H]1O[C@@H](O[C@H]2[C@H](O)[C@@H](NC(C)=O)[C@H](O)O[C@@H]2CO)[C@H](NC(C)=O)[C@H](O)[C@@H]1O. The zero-order valence-corrected chi connectivity index (χ0v) is 16.9. The topological polar surface area (TPSA) is 196 Å². The Balaban J connectivity index is 2.27. The summed E-state index contributed by atoms with van der Waals surface area (Å²) in [5, 5.41) is 55.8. The summed E-state index contributed by atoms with van der Waals surface area (Å²) in [5.41, 5.74) is 0. The van der Waals surface area contributed by atoms with Gasteiger partial charge in [0, 0.05) is 21.0 Å². The predicted molar refractivity (Wildman–Crippen MR) is 96.6 cm³/mol. The van der Waals surface area contributed by atoms with Gasteiger partial charge in [0.15, 0.2) is 12.6 Å². The molecule has 13 nitrogen and oxygen atoms in total. The van der Waals surface area contributed by atoms with Crippen LogP contribution in [0.4, 0.5) is 0 Å². The molecule has 0 aromatic carbocycles. The molecule has 0 radical (unpaired) electrons. The van der Waals surface area contributed by atoms with Gasteiger partial charge in [-0.25, -0.2) is 0 Å². The maximum atomic E-state index is 11.6. The minimum absolute atomic E-state index is 0.106. The predicted octanol–water partition coefficient (Wildman–Crippen LogP) is -4.46. The molecule has 30 heavy (non-hydrogen) atoms. The van der Waals surface area contributed by atoms with E-state index in [1.54, 1.807) is 0 Å². The number of aliphatic hydroxyl groups excluding tert-OH is 5. The zero-order chi connectivity index (χ0) is 22.6. The number of carbonyl (C=O) groups is 2. The summed E-state index contributed by atoms with van der Waals surface area (Å²) in [7, 11) is 1.36. The van der Waals surface area contributed by atoms with Crippen LogP contribution in [0.3, 0.4) is 0 Å². The molecular weight excluding hydrogens is 408 g/mol. The van der Waals surface area contributed by atoms with Gasteiger partial charge < -0.3 is 55.1 Å². The van der Waals surface area contributed by atoms with Crippen molar-refractivity contribution in [3.05, 3.63) is 0 Å². The Bertz CT molecular complexity index is 594. The highest BCUT2D eigenvalue weighted by molar-refractivity contribution is 5.73. The van der Waals surface area contributed by atoms with Crippen LogP contribution < -0.4 is 10.6 Å². The second-order valence-corrected chi connectivity index (χ2v) is 7.27. The Kier molecular flexibility index (Phi) is 8.90. The van der Waals surface area contributed by atoms with Crippen LogP contribution in [0, 0.1) is 0 Å². The van der Waals surface area contributed by atoms with E-state index in [0.717, 1.165) is 0 Å². The molecule has 0 aromatic rings. The van der Waals surface area contributed by atoms with Crippen molar-refractivity contribution >= 4 is 11.8 Å². The van der Waals surface area contributed by atoms with Crippen molar-refractivity contribution in [3.63, 3.8) is 0 Å². The third kappa shape index (κ3) is 5.63. The molecule has 10 atom stereocenters. The van der Waals surface area contributed by atoms with Gasteiger partial charge >= 0.3 is 0 Å². The van der Waals surface area contributed by atoms with Gasteiger partial charge in [0.05, 0.1) is 13.2 Å². The fraction of sp³-hybridized carbons (Fsp3) is 0.882. The smallest absolute Gasteiger partial charge is 0.217 e. The van der Waals surface area contributed by atoms with Gasteiger partial charge in [0.1, 0.15) is 48.7 Å². The number of hydrogen-bond acceptors (Lipinski definition) is 11. The Labute approximate surface area is 172 Å². The van der Waals surface area contributed by atoms with Crippen molar-refractivity contribution in [2.75, 3.05) is 20.3 Å². The number of hydrogen-bond donors (Lipinski definition) is 7. The molecule has 2 aliphatic heterocycles. The van der Waals surface area contributed by atoms with E-state index in [-0.39, 0.29) is 6.61 Å². The van der Waals surface area contributed by atoms with Crippen molar-refractivity contribution in [3.8, 4) is 0 Å². The minimum atomic E-state index is -1.62. The van der Waals surface area contributed by atoms with Crippen molar-refractivity contribution in [2.45, 2.75) is 75.1 Å². The van der Waals surface area contributed by atoms with Gasteiger partial charge in [0.2, 0.25) is 11.8 Å². The molecule has 2 rings (SSSR count). The van der Waals surface area contributed by atoms with E-state index in [1.165, 1.54) is 21.0 Å². The van der Waals surface area contributed by atoms with E-state index in [9.17, 15) is 35.1 Å². The summed E-state index contributed by atoms with van der Waals surface area (Å²) in [5.74, 6) is -1.09. The second-order valence-electron chi connectivity index (χ2n) is 7.27. The maximum Gasteiger partial charge on any atom is 0.217 e. The third-order valence-corrected chi connectivity index (χ3v) is 4.94. The van der Waals surface area contributed by atoms with Gasteiger partial charge in [0.25, 0.3) is 0 Å². The first-order chi connectivity index (χ1) is 14.1. The average molecular weight is 438 g/mol. The normalized spacial score (nSPS) is 41.9. The highest BCUT2D eigenvalue weighted by Crippen LogP contribution is 2.29. The fourth-order valence-corrected chi connectivity index (χ4v) is 3.53. The highest BCUT2D eigenvalue weighted by atomic mass is 16.7. The largest absolute Gasteiger partial charge is 0.394 e. The number of nitrogens with one attached hydrogen (secondary N) is 2.